The lowest BCUT2D eigenvalue weighted by Crippen LogP contribution is -2.66. The molecule has 1 saturated heterocycles. The second-order valence-corrected chi connectivity index (χ2v) is 9.74. The van der Waals surface area contributed by atoms with E-state index in [-0.39, 0.29) is 32.2 Å². The number of carbonyl (C=O) groups is 3. The number of fused-ring (bicyclic) bond motifs is 3. The first-order valence-electron chi connectivity index (χ1n) is 12.2. The van der Waals surface area contributed by atoms with E-state index in [2.05, 4.69) is 22.8 Å². The number of aliphatic carboxylic acids is 1. The minimum atomic E-state index is -1.36. The van der Waals surface area contributed by atoms with Gasteiger partial charge in [0.25, 0.3) is 0 Å². The number of nitrogens with one attached hydrogen (secondary N) is 2. The maximum atomic E-state index is 13.3. The SMILES string of the molecule is O=C(NC1(C(=O)NC2(C(=O)O)CCCCC2)CCOC1)OCC1c2ccccc2-c2ccccc21. The number of alkyl carbamates (subject to hydrolysis) is 1. The van der Waals surface area contributed by atoms with Gasteiger partial charge >= 0.3 is 12.1 Å². The van der Waals surface area contributed by atoms with Crippen molar-refractivity contribution >= 4 is 18.0 Å². The Kier molecular flexibility index (Phi) is 6.23. The number of rotatable bonds is 6. The Balaban J connectivity index is 1.28. The number of carboxylic acids is 1. The average molecular weight is 479 g/mol. The van der Waals surface area contributed by atoms with Crippen LogP contribution in [0.15, 0.2) is 48.5 Å². The van der Waals surface area contributed by atoms with Crippen molar-refractivity contribution in [1.82, 2.24) is 10.6 Å². The molecular weight excluding hydrogens is 448 g/mol. The highest BCUT2D eigenvalue weighted by Crippen LogP contribution is 2.44. The molecule has 3 N–H and O–H groups in total. The molecule has 5 rings (SSSR count). The maximum Gasteiger partial charge on any atom is 0.408 e. The number of carbonyl (C=O) groups excluding carboxylic acids is 2. The summed E-state index contributed by atoms with van der Waals surface area (Å²) in [5.74, 6) is -1.68. The molecule has 8 heteroatoms. The van der Waals surface area contributed by atoms with Gasteiger partial charge in [-0.1, -0.05) is 67.8 Å². The number of carboxylic acid groups (broad SMARTS) is 1. The Morgan fingerprint density at radius 2 is 1.51 bits per heavy atom. The summed E-state index contributed by atoms with van der Waals surface area (Å²) >= 11 is 0. The summed E-state index contributed by atoms with van der Waals surface area (Å²) in [5.41, 5.74) is 1.78. The second-order valence-electron chi connectivity index (χ2n) is 9.74. The molecule has 184 valence electrons. The lowest BCUT2D eigenvalue weighted by Gasteiger charge is -2.37. The molecule has 2 aromatic rings. The fourth-order valence-corrected chi connectivity index (χ4v) is 5.61. The first-order valence-corrected chi connectivity index (χ1v) is 12.2. The van der Waals surface area contributed by atoms with E-state index < -0.39 is 29.0 Å². The van der Waals surface area contributed by atoms with Crippen LogP contribution in [0.5, 0.6) is 0 Å². The molecule has 1 heterocycles. The second kappa shape index (κ2) is 9.34. The van der Waals surface area contributed by atoms with Crippen molar-refractivity contribution in [2.45, 2.75) is 55.5 Å². The summed E-state index contributed by atoms with van der Waals surface area (Å²) in [4.78, 5) is 38.3. The van der Waals surface area contributed by atoms with Crippen LogP contribution in [0, 0.1) is 0 Å². The fraction of sp³-hybridized carbons (Fsp3) is 0.444. The Morgan fingerprint density at radius 1 is 0.886 bits per heavy atom. The summed E-state index contributed by atoms with van der Waals surface area (Å²) < 4.78 is 11.1. The van der Waals surface area contributed by atoms with Gasteiger partial charge in [0.15, 0.2) is 0 Å². The Bertz CT molecular complexity index is 1090. The van der Waals surface area contributed by atoms with Crippen LogP contribution in [0.25, 0.3) is 11.1 Å². The van der Waals surface area contributed by atoms with Crippen LogP contribution in [0.4, 0.5) is 4.79 Å². The van der Waals surface area contributed by atoms with Crippen molar-refractivity contribution in [3.8, 4) is 11.1 Å². The van der Waals surface area contributed by atoms with E-state index >= 15 is 0 Å². The first kappa shape index (κ1) is 23.4. The summed E-state index contributed by atoms with van der Waals surface area (Å²) in [6, 6.07) is 16.1. The largest absolute Gasteiger partial charge is 0.480 e. The zero-order valence-electron chi connectivity index (χ0n) is 19.5. The molecule has 2 amide bonds. The lowest BCUT2D eigenvalue weighted by atomic mass is 9.80. The van der Waals surface area contributed by atoms with Gasteiger partial charge in [-0.15, -0.1) is 0 Å². The number of amides is 2. The van der Waals surface area contributed by atoms with Gasteiger partial charge < -0.3 is 25.2 Å². The summed E-state index contributed by atoms with van der Waals surface area (Å²) in [5, 5.41) is 15.3. The van der Waals surface area contributed by atoms with Crippen LogP contribution in [0.1, 0.15) is 55.6 Å². The highest BCUT2D eigenvalue weighted by Gasteiger charge is 2.49. The third-order valence-corrected chi connectivity index (χ3v) is 7.61. The van der Waals surface area contributed by atoms with Gasteiger partial charge in [0.1, 0.15) is 17.7 Å². The van der Waals surface area contributed by atoms with Gasteiger partial charge in [0.2, 0.25) is 5.91 Å². The number of ether oxygens (including phenoxy) is 2. The molecule has 1 aliphatic heterocycles. The van der Waals surface area contributed by atoms with Crippen molar-refractivity contribution in [2.24, 2.45) is 0 Å². The lowest BCUT2D eigenvalue weighted by molar-refractivity contribution is -0.150. The smallest absolute Gasteiger partial charge is 0.408 e. The molecule has 0 aromatic heterocycles. The van der Waals surface area contributed by atoms with Crippen molar-refractivity contribution in [3.63, 3.8) is 0 Å². The Morgan fingerprint density at radius 3 is 2.09 bits per heavy atom. The van der Waals surface area contributed by atoms with Crippen LogP contribution < -0.4 is 10.6 Å². The molecule has 1 unspecified atom stereocenters. The molecule has 2 fully saturated rings. The summed E-state index contributed by atoms with van der Waals surface area (Å²) in [6.45, 7) is 0.382. The van der Waals surface area contributed by atoms with Crippen LogP contribution in [0.2, 0.25) is 0 Å². The number of hydrogen-bond acceptors (Lipinski definition) is 5. The average Bonchev–Trinajstić information content (AvgIpc) is 3.47. The van der Waals surface area contributed by atoms with E-state index in [0.717, 1.165) is 41.5 Å². The van der Waals surface area contributed by atoms with E-state index in [1.54, 1.807) is 0 Å². The molecule has 1 saturated carbocycles. The van der Waals surface area contributed by atoms with E-state index in [1.165, 1.54) is 0 Å². The molecule has 2 aromatic carbocycles. The minimum Gasteiger partial charge on any atom is -0.480 e. The van der Waals surface area contributed by atoms with Crippen LogP contribution in [-0.2, 0) is 19.1 Å². The van der Waals surface area contributed by atoms with Gasteiger partial charge in [-0.05, 0) is 35.1 Å². The molecular formula is C27H30N2O6. The van der Waals surface area contributed by atoms with E-state index in [1.807, 2.05) is 36.4 Å². The Hall–Kier alpha value is -3.39. The van der Waals surface area contributed by atoms with Gasteiger partial charge in [-0.3, -0.25) is 4.79 Å². The standard InChI is InChI=1S/C27H30N2O6/c30-23(28-26(24(31)32)12-6-1-7-13-26)27(14-15-34-17-27)29-25(33)35-16-22-20-10-4-2-8-18(20)19-9-3-5-11-21(19)22/h2-5,8-11,22H,1,6-7,12-17H2,(H,28,30)(H,29,33)(H,31,32). The zero-order chi connectivity index (χ0) is 24.5. The van der Waals surface area contributed by atoms with E-state index in [0.29, 0.717) is 12.8 Å². The third kappa shape index (κ3) is 4.27. The molecule has 0 spiro atoms. The number of benzene rings is 2. The van der Waals surface area contributed by atoms with Crippen LogP contribution in [-0.4, -0.2) is 54.0 Å². The quantitative estimate of drug-likeness (QED) is 0.585. The molecule has 35 heavy (non-hydrogen) atoms. The van der Waals surface area contributed by atoms with Crippen LogP contribution >= 0.6 is 0 Å². The fourth-order valence-electron chi connectivity index (χ4n) is 5.61. The highest BCUT2D eigenvalue weighted by molar-refractivity contribution is 5.94. The van der Waals surface area contributed by atoms with Gasteiger partial charge in [-0.2, -0.15) is 0 Å². The summed E-state index contributed by atoms with van der Waals surface area (Å²) in [6.07, 6.45) is 2.67. The predicted octanol–water partition coefficient (Wildman–Crippen LogP) is 3.59. The molecule has 1 atom stereocenters. The molecule has 8 nitrogen and oxygen atoms in total. The van der Waals surface area contributed by atoms with E-state index in [9.17, 15) is 19.5 Å². The van der Waals surface area contributed by atoms with Gasteiger partial charge in [-0.25, -0.2) is 9.59 Å². The first-order chi connectivity index (χ1) is 16.9. The molecule has 0 bridgehead atoms. The van der Waals surface area contributed by atoms with Gasteiger partial charge in [0.05, 0.1) is 6.61 Å². The highest BCUT2D eigenvalue weighted by atomic mass is 16.6. The summed E-state index contributed by atoms with van der Waals surface area (Å²) in [7, 11) is 0. The Labute approximate surface area is 204 Å². The maximum absolute atomic E-state index is 13.3. The van der Waals surface area contributed by atoms with Gasteiger partial charge in [0, 0.05) is 18.9 Å². The van der Waals surface area contributed by atoms with E-state index in [4.69, 9.17) is 9.47 Å². The molecule has 2 aliphatic carbocycles. The van der Waals surface area contributed by atoms with Crippen molar-refractivity contribution in [3.05, 3.63) is 59.7 Å². The minimum absolute atomic E-state index is 0.0290. The normalized spacial score (nSPS) is 22.6. The van der Waals surface area contributed by atoms with Crippen molar-refractivity contribution in [1.29, 1.82) is 0 Å². The monoisotopic (exact) mass is 478 g/mol. The van der Waals surface area contributed by atoms with Crippen molar-refractivity contribution < 1.29 is 29.0 Å². The molecule has 3 aliphatic rings. The topological polar surface area (TPSA) is 114 Å². The zero-order valence-corrected chi connectivity index (χ0v) is 19.5. The number of hydrogen-bond donors (Lipinski definition) is 3. The van der Waals surface area contributed by atoms with Crippen molar-refractivity contribution in [2.75, 3.05) is 19.8 Å². The molecule has 0 radical (unpaired) electrons. The predicted molar refractivity (Wildman–Crippen MR) is 128 cm³/mol. The van der Waals surface area contributed by atoms with Crippen LogP contribution in [0.3, 0.4) is 0 Å². The third-order valence-electron chi connectivity index (χ3n) is 7.61.